The Morgan fingerprint density at radius 1 is 1.36 bits per heavy atom. The number of benzene rings is 1. The van der Waals surface area contributed by atoms with E-state index in [1.807, 2.05) is 12.1 Å². The topological polar surface area (TPSA) is 41.1 Å². The Labute approximate surface area is 82.5 Å². The molecule has 1 aromatic rings. The Morgan fingerprint density at radius 3 is 3.00 bits per heavy atom. The van der Waals surface area contributed by atoms with Gasteiger partial charge in [0.1, 0.15) is 0 Å². The van der Waals surface area contributed by atoms with E-state index in [-0.39, 0.29) is 11.3 Å². The Morgan fingerprint density at radius 2 is 2.14 bits per heavy atom. The highest BCUT2D eigenvalue weighted by molar-refractivity contribution is 5.98. The van der Waals surface area contributed by atoms with Crippen molar-refractivity contribution in [1.29, 1.82) is 0 Å². The van der Waals surface area contributed by atoms with Gasteiger partial charge in [0.2, 0.25) is 5.91 Å². The highest BCUT2D eigenvalue weighted by atomic mass is 16.1. The molecule has 0 saturated carbocycles. The van der Waals surface area contributed by atoms with Crippen molar-refractivity contribution in [2.24, 2.45) is 0 Å². The molecule has 3 nitrogen and oxygen atoms in total. The van der Waals surface area contributed by atoms with E-state index in [9.17, 15) is 4.79 Å². The number of carbonyl (C=O) groups is 1. The van der Waals surface area contributed by atoms with Crippen LogP contribution in [0.3, 0.4) is 0 Å². The molecule has 0 saturated heterocycles. The molecular weight excluding hydrogens is 176 g/mol. The Balaban J connectivity index is 2.28. The van der Waals surface area contributed by atoms with Crippen LogP contribution in [0.4, 0.5) is 11.4 Å². The molecule has 72 valence electrons. The molecule has 1 atom stereocenters. The van der Waals surface area contributed by atoms with Crippen molar-refractivity contribution in [3.63, 3.8) is 0 Å². The molecule has 1 aromatic carbocycles. The van der Waals surface area contributed by atoms with E-state index in [2.05, 4.69) is 23.6 Å². The van der Waals surface area contributed by atoms with Gasteiger partial charge in [-0.3, -0.25) is 4.79 Å². The first-order valence-corrected chi connectivity index (χ1v) is 4.86. The zero-order valence-electron chi connectivity index (χ0n) is 8.05. The molecule has 14 heavy (non-hydrogen) atoms. The van der Waals surface area contributed by atoms with Crippen LogP contribution in [0.15, 0.2) is 18.2 Å². The monoisotopic (exact) mass is 188 g/mol. The first kappa shape index (κ1) is 7.85. The number of rotatable bonds is 0. The summed E-state index contributed by atoms with van der Waals surface area (Å²) in [5.74, 6) is 0.126. The van der Waals surface area contributed by atoms with Crippen LogP contribution in [0.5, 0.6) is 0 Å². The lowest BCUT2D eigenvalue weighted by Crippen LogP contribution is -2.35. The van der Waals surface area contributed by atoms with E-state index in [0.717, 1.165) is 12.2 Å². The van der Waals surface area contributed by atoms with Crippen LogP contribution in [0.25, 0.3) is 0 Å². The number of hydrogen-bond acceptors (Lipinski definition) is 2. The van der Waals surface area contributed by atoms with Gasteiger partial charge in [-0.25, -0.2) is 0 Å². The second-order valence-corrected chi connectivity index (χ2v) is 4.37. The summed E-state index contributed by atoms with van der Waals surface area (Å²) in [6, 6.07) is 6.02. The molecule has 0 radical (unpaired) electrons. The number of anilines is 2. The van der Waals surface area contributed by atoms with Gasteiger partial charge in [-0.2, -0.15) is 0 Å². The molecule has 0 aliphatic carbocycles. The molecule has 2 aliphatic heterocycles. The lowest BCUT2D eigenvalue weighted by molar-refractivity contribution is -0.117. The third-order valence-corrected chi connectivity index (χ3v) is 3.16. The van der Waals surface area contributed by atoms with Crippen LogP contribution in [-0.4, -0.2) is 12.5 Å². The average Bonchev–Trinajstić information content (AvgIpc) is 2.45. The van der Waals surface area contributed by atoms with Crippen molar-refractivity contribution in [1.82, 2.24) is 0 Å². The third-order valence-electron chi connectivity index (χ3n) is 3.16. The van der Waals surface area contributed by atoms with Crippen LogP contribution < -0.4 is 10.6 Å². The summed E-state index contributed by atoms with van der Waals surface area (Å²) in [6.07, 6.45) is 0.587. The minimum atomic E-state index is -0.00569. The van der Waals surface area contributed by atoms with Gasteiger partial charge in [-0.1, -0.05) is 13.0 Å². The number of amides is 1. The molecule has 2 aliphatic rings. The van der Waals surface area contributed by atoms with Crippen LogP contribution >= 0.6 is 0 Å². The lowest BCUT2D eigenvalue weighted by Gasteiger charge is -2.30. The summed E-state index contributed by atoms with van der Waals surface area (Å²) < 4.78 is 0. The highest BCUT2D eigenvalue weighted by Crippen LogP contribution is 2.45. The molecule has 0 aromatic heterocycles. The predicted octanol–water partition coefficient (Wildman–Crippen LogP) is 1.71. The second kappa shape index (κ2) is 2.29. The number of nitrogens with one attached hydrogen (secondary N) is 2. The quantitative estimate of drug-likeness (QED) is 0.650. The molecular formula is C11H12N2O. The molecule has 2 heterocycles. The van der Waals surface area contributed by atoms with Crippen molar-refractivity contribution < 1.29 is 4.79 Å². The van der Waals surface area contributed by atoms with Gasteiger partial charge in [-0.15, -0.1) is 0 Å². The van der Waals surface area contributed by atoms with Crippen molar-refractivity contribution >= 4 is 17.3 Å². The molecule has 3 rings (SSSR count). The molecule has 0 spiro atoms. The van der Waals surface area contributed by atoms with Gasteiger partial charge in [0.15, 0.2) is 0 Å². The molecule has 3 heteroatoms. The Bertz CT molecular complexity index is 427. The minimum Gasteiger partial charge on any atom is -0.384 e. The zero-order valence-corrected chi connectivity index (χ0v) is 8.05. The zero-order chi connectivity index (χ0) is 9.76. The van der Waals surface area contributed by atoms with Gasteiger partial charge in [0.05, 0.1) is 0 Å². The van der Waals surface area contributed by atoms with E-state index in [0.29, 0.717) is 6.42 Å². The smallest absolute Gasteiger partial charge is 0.225 e. The van der Waals surface area contributed by atoms with Crippen molar-refractivity contribution in [3.8, 4) is 0 Å². The standard InChI is InChI=1S/C11H12N2O/c1-11-5-9(14)13-8-4-2-3-7(10(8)11)12-6-11/h2-4,12H,5-6H2,1H3,(H,13,14). The summed E-state index contributed by atoms with van der Waals surface area (Å²) >= 11 is 0. The van der Waals surface area contributed by atoms with Gasteiger partial charge in [0, 0.05) is 35.3 Å². The predicted molar refractivity (Wildman–Crippen MR) is 55.5 cm³/mol. The number of carbonyl (C=O) groups excluding carboxylic acids is 1. The van der Waals surface area contributed by atoms with Gasteiger partial charge in [-0.05, 0) is 12.1 Å². The largest absolute Gasteiger partial charge is 0.384 e. The maximum Gasteiger partial charge on any atom is 0.225 e. The average molecular weight is 188 g/mol. The second-order valence-electron chi connectivity index (χ2n) is 4.37. The van der Waals surface area contributed by atoms with E-state index in [4.69, 9.17) is 0 Å². The van der Waals surface area contributed by atoms with Crippen LogP contribution in [0.1, 0.15) is 18.9 Å². The first-order valence-electron chi connectivity index (χ1n) is 4.86. The van der Waals surface area contributed by atoms with E-state index in [1.54, 1.807) is 0 Å². The molecule has 1 amide bonds. The van der Waals surface area contributed by atoms with Crippen LogP contribution in [-0.2, 0) is 10.2 Å². The van der Waals surface area contributed by atoms with E-state index < -0.39 is 0 Å². The maximum absolute atomic E-state index is 11.5. The van der Waals surface area contributed by atoms with Gasteiger partial charge < -0.3 is 10.6 Å². The number of hydrogen-bond donors (Lipinski definition) is 2. The van der Waals surface area contributed by atoms with Gasteiger partial charge >= 0.3 is 0 Å². The van der Waals surface area contributed by atoms with E-state index >= 15 is 0 Å². The molecule has 0 bridgehead atoms. The van der Waals surface area contributed by atoms with Crippen LogP contribution in [0.2, 0.25) is 0 Å². The summed E-state index contributed by atoms with van der Waals surface area (Å²) in [7, 11) is 0. The van der Waals surface area contributed by atoms with Gasteiger partial charge in [0.25, 0.3) is 0 Å². The first-order chi connectivity index (χ1) is 6.69. The normalized spacial score (nSPS) is 27.9. The molecule has 1 unspecified atom stereocenters. The fourth-order valence-corrected chi connectivity index (χ4v) is 2.53. The summed E-state index contributed by atoms with van der Waals surface area (Å²) in [5, 5.41) is 6.27. The summed E-state index contributed by atoms with van der Waals surface area (Å²) in [5.41, 5.74) is 3.42. The Hall–Kier alpha value is -1.51. The summed E-state index contributed by atoms with van der Waals surface area (Å²) in [6.45, 7) is 3.01. The van der Waals surface area contributed by atoms with E-state index in [1.165, 1.54) is 11.3 Å². The third kappa shape index (κ3) is 0.842. The lowest BCUT2D eigenvalue weighted by atomic mass is 9.78. The summed E-state index contributed by atoms with van der Waals surface area (Å²) in [4.78, 5) is 11.5. The fourth-order valence-electron chi connectivity index (χ4n) is 2.53. The fraction of sp³-hybridized carbons (Fsp3) is 0.364. The molecule has 2 N–H and O–H groups in total. The van der Waals surface area contributed by atoms with Crippen LogP contribution in [0, 0.1) is 0 Å². The molecule has 0 fully saturated rings. The Kier molecular flexibility index (Phi) is 1.29. The van der Waals surface area contributed by atoms with Crippen molar-refractivity contribution in [2.45, 2.75) is 18.8 Å². The maximum atomic E-state index is 11.5. The SMILES string of the molecule is CC12CNc3cccc(c31)NC(=O)C2. The van der Waals surface area contributed by atoms with Crippen molar-refractivity contribution in [3.05, 3.63) is 23.8 Å². The highest BCUT2D eigenvalue weighted by Gasteiger charge is 2.41. The minimum absolute atomic E-state index is 0.00569. The van der Waals surface area contributed by atoms with Crippen molar-refractivity contribution in [2.75, 3.05) is 17.2 Å².